The molecular formula is C14H15NO3. The van der Waals surface area contributed by atoms with Gasteiger partial charge in [-0.25, -0.2) is 4.79 Å². The first-order valence-corrected chi connectivity index (χ1v) is 6.24. The van der Waals surface area contributed by atoms with Crippen LogP contribution in [0, 0.1) is 0 Å². The summed E-state index contributed by atoms with van der Waals surface area (Å²) < 4.78 is 0. The van der Waals surface area contributed by atoms with Gasteiger partial charge in [0.1, 0.15) is 6.04 Å². The van der Waals surface area contributed by atoms with Gasteiger partial charge in [0.05, 0.1) is 0 Å². The molecule has 0 bridgehead atoms. The number of carboxylic acids is 1. The topological polar surface area (TPSA) is 66.4 Å². The van der Waals surface area contributed by atoms with Crippen LogP contribution < -0.4 is 5.32 Å². The summed E-state index contributed by atoms with van der Waals surface area (Å²) in [5, 5.41) is 12.0. The van der Waals surface area contributed by atoms with Crippen molar-refractivity contribution in [3.8, 4) is 0 Å². The Labute approximate surface area is 105 Å². The van der Waals surface area contributed by atoms with Crippen LogP contribution in [0.25, 0.3) is 0 Å². The number of carboxylic acid groups (broad SMARTS) is 1. The van der Waals surface area contributed by atoms with Crippen LogP contribution in [0.4, 0.5) is 0 Å². The molecule has 1 aliphatic carbocycles. The number of aryl methyl sites for hydroxylation is 1. The van der Waals surface area contributed by atoms with Gasteiger partial charge in [-0.2, -0.15) is 0 Å². The number of carbonyl (C=O) groups is 2. The Hall–Kier alpha value is -1.84. The zero-order valence-corrected chi connectivity index (χ0v) is 9.98. The molecule has 1 aliphatic heterocycles. The fourth-order valence-corrected chi connectivity index (χ4v) is 3.47. The monoisotopic (exact) mass is 245 g/mol. The minimum Gasteiger partial charge on any atom is -0.480 e. The molecule has 1 amide bonds. The van der Waals surface area contributed by atoms with E-state index < -0.39 is 17.4 Å². The summed E-state index contributed by atoms with van der Waals surface area (Å²) in [7, 11) is 0. The third-order valence-corrected chi connectivity index (χ3v) is 4.20. The molecule has 4 heteroatoms. The van der Waals surface area contributed by atoms with Gasteiger partial charge in [-0.15, -0.1) is 0 Å². The Kier molecular flexibility index (Phi) is 2.40. The molecule has 3 rings (SSSR count). The van der Waals surface area contributed by atoms with Gasteiger partial charge in [0, 0.05) is 11.8 Å². The maximum atomic E-state index is 11.7. The van der Waals surface area contributed by atoms with Gasteiger partial charge in [-0.3, -0.25) is 4.79 Å². The first kappa shape index (κ1) is 11.3. The number of hydrogen-bond donors (Lipinski definition) is 2. The molecule has 2 unspecified atom stereocenters. The average molecular weight is 245 g/mol. The van der Waals surface area contributed by atoms with Crippen molar-refractivity contribution >= 4 is 11.9 Å². The molecule has 0 radical (unpaired) electrons. The van der Waals surface area contributed by atoms with Crippen molar-refractivity contribution in [1.29, 1.82) is 0 Å². The molecule has 1 saturated heterocycles. The molecule has 1 spiro atoms. The lowest BCUT2D eigenvalue weighted by Gasteiger charge is -2.37. The Balaban J connectivity index is 2.15. The van der Waals surface area contributed by atoms with Crippen LogP contribution in [-0.2, 0) is 21.4 Å². The largest absolute Gasteiger partial charge is 0.480 e. The summed E-state index contributed by atoms with van der Waals surface area (Å²) in [6, 6.07) is 7.13. The fraction of sp³-hybridized carbons (Fsp3) is 0.429. The highest BCUT2D eigenvalue weighted by atomic mass is 16.4. The zero-order chi connectivity index (χ0) is 12.8. The van der Waals surface area contributed by atoms with Crippen LogP contribution >= 0.6 is 0 Å². The lowest BCUT2D eigenvalue weighted by Crippen LogP contribution is -2.48. The van der Waals surface area contributed by atoms with Crippen LogP contribution in [0.2, 0.25) is 0 Å². The molecule has 0 saturated carbocycles. The van der Waals surface area contributed by atoms with Crippen molar-refractivity contribution in [2.75, 3.05) is 0 Å². The standard InChI is InChI=1S/C14H15NO3/c16-11-8-14(12(15-11)13(17)18)7-3-5-9-4-1-2-6-10(9)14/h1-2,4,6,12H,3,5,7-8H2,(H,15,16)(H,17,18). The van der Waals surface area contributed by atoms with Gasteiger partial charge in [0.2, 0.25) is 5.91 Å². The van der Waals surface area contributed by atoms with Gasteiger partial charge in [0.15, 0.2) is 0 Å². The molecule has 18 heavy (non-hydrogen) atoms. The van der Waals surface area contributed by atoms with Gasteiger partial charge in [-0.1, -0.05) is 24.3 Å². The normalized spacial score (nSPS) is 30.0. The second kappa shape index (κ2) is 3.83. The van der Waals surface area contributed by atoms with Crippen molar-refractivity contribution in [2.45, 2.75) is 37.1 Å². The maximum Gasteiger partial charge on any atom is 0.327 e. The van der Waals surface area contributed by atoms with E-state index in [-0.39, 0.29) is 5.91 Å². The predicted molar refractivity (Wildman–Crippen MR) is 65.2 cm³/mol. The number of carbonyl (C=O) groups excluding carboxylic acids is 1. The van der Waals surface area contributed by atoms with Crippen molar-refractivity contribution in [3.05, 3.63) is 35.4 Å². The smallest absolute Gasteiger partial charge is 0.327 e. The SMILES string of the molecule is O=C1CC2(CCCc3ccccc32)C(C(=O)O)N1. The van der Waals surface area contributed by atoms with Gasteiger partial charge < -0.3 is 10.4 Å². The molecule has 4 nitrogen and oxygen atoms in total. The molecule has 2 aliphatic rings. The molecule has 1 aromatic carbocycles. The lowest BCUT2D eigenvalue weighted by molar-refractivity contribution is -0.141. The van der Waals surface area contributed by atoms with Crippen molar-refractivity contribution in [3.63, 3.8) is 0 Å². The van der Waals surface area contributed by atoms with E-state index in [1.807, 2.05) is 24.3 Å². The minimum atomic E-state index is -0.933. The number of hydrogen-bond acceptors (Lipinski definition) is 2. The Morgan fingerprint density at radius 2 is 2.17 bits per heavy atom. The number of aliphatic carboxylic acids is 1. The van der Waals surface area contributed by atoms with E-state index in [1.54, 1.807) is 0 Å². The molecule has 2 atom stereocenters. The third-order valence-electron chi connectivity index (χ3n) is 4.20. The van der Waals surface area contributed by atoms with Crippen molar-refractivity contribution < 1.29 is 14.7 Å². The molecule has 94 valence electrons. The van der Waals surface area contributed by atoms with Crippen LogP contribution in [-0.4, -0.2) is 23.0 Å². The molecule has 1 fully saturated rings. The summed E-state index contributed by atoms with van der Waals surface area (Å²) in [6.07, 6.45) is 2.97. The highest BCUT2D eigenvalue weighted by Gasteiger charge is 2.53. The number of fused-ring (bicyclic) bond motifs is 2. The first-order chi connectivity index (χ1) is 8.63. The van der Waals surface area contributed by atoms with E-state index in [0.717, 1.165) is 24.8 Å². The maximum absolute atomic E-state index is 11.7. The Morgan fingerprint density at radius 3 is 2.94 bits per heavy atom. The second-order valence-electron chi connectivity index (χ2n) is 5.18. The van der Waals surface area contributed by atoms with E-state index in [1.165, 1.54) is 5.56 Å². The van der Waals surface area contributed by atoms with E-state index in [0.29, 0.717) is 6.42 Å². The predicted octanol–water partition coefficient (Wildman–Crippen LogP) is 1.23. The van der Waals surface area contributed by atoms with Crippen LogP contribution in [0.1, 0.15) is 30.4 Å². The molecule has 1 aromatic rings. The van der Waals surface area contributed by atoms with Crippen molar-refractivity contribution in [1.82, 2.24) is 5.32 Å². The van der Waals surface area contributed by atoms with E-state index in [9.17, 15) is 14.7 Å². The fourth-order valence-electron chi connectivity index (χ4n) is 3.47. The van der Waals surface area contributed by atoms with E-state index in [2.05, 4.69) is 5.32 Å². The minimum absolute atomic E-state index is 0.154. The number of benzene rings is 1. The Morgan fingerprint density at radius 1 is 1.39 bits per heavy atom. The lowest BCUT2D eigenvalue weighted by atomic mass is 9.65. The van der Waals surface area contributed by atoms with E-state index >= 15 is 0 Å². The highest BCUT2D eigenvalue weighted by molar-refractivity contribution is 5.91. The quantitative estimate of drug-likeness (QED) is 0.782. The molecule has 1 heterocycles. The summed E-state index contributed by atoms with van der Waals surface area (Å²) in [4.78, 5) is 23.1. The van der Waals surface area contributed by atoms with Gasteiger partial charge >= 0.3 is 5.97 Å². The first-order valence-electron chi connectivity index (χ1n) is 6.24. The summed E-state index contributed by atoms with van der Waals surface area (Å²) >= 11 is 0. The molecular weight excluding hydrogens is 230 g/mol. The van der Waals surface area contributed by atoms with Gasteiger partial charge in [0.25, 0.3) is 0 Å². The molecule has 0 aromatic heterocycles. The Bertz CT molecular complexity index is 526. The van der Waals surface area contributed by atoms with Crippen molar-refractivity contribution in [2.24, 2.45) is 0 Å². The highest BCUT2D eigenvalue weighted by Crippen LogP contribution is 2.45. The summed E-state index contributed by atoms with van der Waals surface area (Å²) in [6.45, 7) is 0. The molecule has 2 N–H and O–H groups in total. The second-order valence-corrected chi connectivity index (χ2v) is 5.18. The number of rotatable bonds is 1. The van der Waals surface area contributed by atoms with Gasteiger partial charge in [-0.05, 0) is 30.4 Å². The zero-order valence-electron chi connectivity index (χ0n) is 9.98. The summed E-state index contributed by atoms with van der Waals surface area (Å²) in [5.74, 6) is -1.09. The number of nitrogens with one attached hydrogen (secondary N) is 1. The number of amides is 1. The third kappa shape index (κ3) is 1.45. The van der Waals surface area contributed by atoms with Crippen LogP contribution in [0.5, 0.6) is 0 Å². The summed E-state index contributed by atoms with van der Waals surface area (Å²) in [5.41, 5.74) is 1.69. The van der Waals surface area contributed by atoms with Crippen LogP contribution in [0.3, 0.4) is 0 Å². The van der Waals surface area contributed by atoms with Crippen LogP contribution in [0.15, 0.2) is 24.3 Å². The average Bonchev–Trinajstić information content (AvgIpc) is 2.68. The van der Waals surface area contributed by atoms with E-state index in [4.69, 9.17) is 0 Å².